The molecular weight excluding hydrogens is 406 g/mol. The zero-order chi connectivity index (χ0) is 22.1. The molecule has 2 unspecified atom stereocenters. The van der Waals surface area contributed by atoms with Crippen LogP contribution >= 0.6 is 0 Å². The number of tetrazole rings is 1. The SMILES string of the molecule is CCN1CCN(C(c2cc3ccc(C)cc3[nH]c2=O)c2nnnn2CC2CCCO2)CC1. The third-order valence-electron chi connectivity index (χ3n) is 6.75. The van der Waals surface area contributed by atoms with Crippen molar-refractivity contribution in [1.29, 1.82) is 0 Å². The molecule has 4 heterocycles. The van der Waals surface area contributed by atoms with Gasteiger partial charge in [-0.1, -0.05) is 19.1 Å². The topological polar surface area (TPSA) is 92.2 Å². The van der Waals surface area contributed by atoms with Crippen LogP contribution in [-0.2, 0) is 11.3 Å². The van der Waals surface area contributed by atoms with Crippen LogP contribution in [0, 0.1) is 6.92 Å². The lowest BCUT2D eigenvalue weighted by Gasteiger charge is -2.38. The first-order valence-corrected chi connectivity index (χ1v) is 11.6. The Labute approximate surface area is 187 Å². The predicted molar refractivity (Wildman–Crippen MR) is 122 cm³/mol. The molecule has 5 rings (SSSR count). The molecule has 2 aliphatic heterocycles. The molecule has 0 aliphatic carbocycles. The lowest BCUT2D eigenvalue weighted by Crippen LogP contribution is -2.49. The number of likely N-dealkylation sites (N-methyl/N-ethyl adjacent to an activating group) is 1. The van der Waals surface area contributed by atoms with E-state index < -0.39 is 0 Å². The number of rotatable bonds is 6. The van der Waals surface area contributed by atoms with Gasteiger partial charge in [0.05, 0.1) is 12.6 Å². The largest absolute Gasteiger partial charge is 0.376 e. The quantitative estimate of drug-likeness (QED) is 0.628. The maximum absolute atomic E-state index is 13.3. The summed E-state index contributed by atoms with van der Waals surface area (Å²) in [5.74, 6) is 0.711. The minimum Gasteiger partial charge on any atom is -0.376 e. The number of fused-ring (bicyclic) bond motifs is 1. The van der Waals surface area contributed by atoms with E-state index in [9.17, 15) is 4.79 Å². The van der Waals surface area contributed by atoms with Gasteiger partial charge in [-0.15, -0.1) is 5.10 Å². The van der Waals surface area contributed by atoms with E-state index in [1.165, 1.54) is 0 Å². The number of nitrogens with zero attached hydrogens (tertiary/aromatic N) is 6. The molecule has 0 amide bonds. The number of pyridine rings is 1. The van der Waals surface area contributed by atoms with E-state index in [1.807, 2.05) is 23.7 Å². The number of hydrogen-bond acceptors (Lipinski definition) is 7. The van der Waals surface area contributed by atoms with Crippen LogP contribution in [0.4, 0.5) is 0 Å². The molecule has 9 heteroatoms. The molecule has 1 aromatic carbocycles. The Hall–Kier alpha value is -2.62. The Morgan fingerprint density at radius 2 is 2.06 bits per heavy atom. The molecule has 2 saturated heterocycles. The van der Waals surface area contributed by atoms with Gasteiger partial charge in [0.2, 0.25) is 0 Å². The van der Waals surface area contributed by atoms with Crippen LogP contribution in [0.2, 0.25) is 0 Å². The summed E-state index contributed by atoms with van der Waals surface area (Å²) in [4.78, 5) is 21.2. The number of piperazine rings is 1. The maximum Gasteiger partial charge on any atom is 0.253 e. The van der Waals surface area contributed by atoms with E-state index >= 15 is 0 Å². The van der Waals surface area contributed by atoms with Crippen LogP contribution in [0.3, 0.4) is 0 Å². The molecule has 0 bridgehead atoms. The first-order chi connectivity index (χ1) is 15.6. The van der Waals surface area contributed by atoms with Gasteiger partial charge in [-0.2, -0.15) is 0 Å². The number of nitrogens with one attached hydrogen (secondary N) is 1. The highest BCUT2D eigenvalue weighted by molar-refractivity contribution is 5.79. The van der Waals surface area contributed by atoms with Crippen LogP contribution in [0.15, 0.2) is 29.1 Å². The number of ether oxygens (including phenoxy) is 1. The van der Waals surface area contributed by atoms with Crippen molar-refractivity contribution in [2.45, 2.75) is 45.4 Å². The summed E-state index contributed by atoms with van der Waals surface area (Å²) in [6.07, 6.45) is 2.19. The summed E-state index contributed by atoms with van der Waals surface area (Å²) in [5.41, 5.74) is 2.58. The first kappa shape index (κ1) is 21.2. The molecule has 0 radical (unpaired) electrons. The highest BCUT2D eigenvalue weighted by atomic mass is 16.5. The zero-order valence-corrected chi connectivity index (χ0v) is 18.8. The molecule has 0 spiro atoms. The summed E-state index contributed by atoms with van der Waals surface area (Å²) in [6, 6.07) is 7.85. The van der Waals surface area contributed by atoms with Crippen LogP contribution in [-0.4, -0.2) is 80.4 Å². The third kappa shape index (κ3) is 4.20. The van der Waals surface area contributed by atoms with E-state index in [-0.39, 0.29) is 17.7 Å². The average Bonchev–Trinajstić information content (AvgIpc) is 3.48. The predicted octanol–water partition coefficient (Wildman–Crippen LogP) is 1.73. The lowest BCUT2D eigenvalue weighted by atomic mass is 10.0. The second-order valence-electron chi connectivity index (χ2n) is 8.87. The number of hydrogen-bond donors (Lipinski definition) is 1. The van der Waals surface area contributed by atoms with Gasteiger partial charge in [0.1, 0.15) is 6.04 Å². The molecule has 170 valence electrons. The smallest absolute Gasteiger partial charge is 0.253 e. The fraction of sp³-hybridized carbons (Fsp3) is 0.565. The highest BCUT2D eigenvalue weighted by Gasteiger charge is 2.33. The Morgan fingerprint density at radius 3 is 2.81 bits per heavy atom. The molecule has 32 heavy (non-hydrogen) atoms. The fourth-order valence-electron chi connectivity index (χ4n) is 4.89. The van der Waals surface area contributed by atoms with Crippen LogP contribution in [0.1, 0.15) is 42.8 Å². The number of H-pyrrole nitrogens is 1. The van der Waals surface area contributed by atoms with Gasteiger partial charge in [0, 0.05) is 43.9 Å². The van der Waals surface area contributed by atoms with Crippen molar-refractivity contribution in [2.24, 2.45) is 0 Å². The minimum atomic E-state index is -0.306. The first-order valence-electron chi connectivity index (χ1n) is 11.6. The molecule has 2 aliphatic rings. The Kier molecular flexibility index (Phi) is 6.03. The molecule has 1 N–H and O–H groups in total. The van der Waals surface area contributed by atoms with Crippen molar-refractivity contribution in [1.82, 2.24) is 35.0 Å². The number of aryl methyl sites for hydroxylation is 1. The van der Waals surface area contributed by atoms with Gasteiger partial charge in [-0.05, 0) is 59.8 Å². The Balaban J connectivity index is 1.56. The average molecular weight is 438 g/mol. The Bertz CT molecular complexity index is 1130. The van der Waals surface area contributed by atoms with E-state index in [0.717, 1.165) is 68.6 Å². The van der Waals surface area contributed by atoms with Gasteiger partial charge in [0.25, 0.3) is 5.56 Å². The van der Waals surface area contributed by atoms with Crippen molar-refractivity contribution in [2.75, 3.05) is 39.3 Å². The van der Waals surface area contributed by atoms with E-state index in [2.05, 4.69) is 49.4 Å². The molecule has 0 saturated carbocycles. The van der Waals surface area contributed by atoms with Gasteiger partial charge in [-0.25, -0.2) is 4.68 Å². The molecular formula is C23H31N7O2. The van der Waals surface area contributed by atoms with Crippen LogP contribution in [0.5, 0.6) is 0 Å². The standard InChI is InChI=1S/C23H31N7O2/c1-3-28-8-10-29(11-9-28)21(22-25-26-27-30(22)15-18-5-4-12-32-18)19-14-17-7-6-16(2)13-20(17)24-23(19)31/h6-7,13-14,18,21H,3-5,8-12,15H2,1-2H3,(H,24,31). The van der Waals surface area contributed by atoms with Crippen molar-refractivity contribution in [3.05, 3.63) is 51.6 Å². The molecule has 9 nitrogen and oxygen atoms in total. The fourth-order valence-corrected chi connectivity index (χ4v) is 4.89. The van der Waals surface area contributed by atoms with Gasteiger partial charge in [-0.3, -0.25) is 9.69 Å². The lowest BCUT2D eigenvalue weighted by molar-refractivity contribution is 0.0860. The highest BCUT2D eigenvalue weighted by Crippen LogP contribution is 2.28. The second-order valence-corrected chi connectivity index (χ2v) is 8.87. The van der Waals surface area contributed by atoms with Gasteiger partial charge < -0.3 is 14.6 Å². The third-order valence-corrected chi connectivity index (χ3v) is 6.75. The van der Waals surface area contributed by atoms with Crippen molar-refractivity contribution < 1.29 is 4.74 Å². The van der Waals surface area contributed by atoms with E-state index in [4.69, 9.17) is 4.74 Å². The minimum absolute atomic E-state index is 0.0855. The van der Waals surface area contributed by atoms with Gasteiger partial charge in [0.15, 0.2) is 5.82 Å². The van der Waals surface area contributed by atoms with Crippen molar-refractivity contribution in [3.8, 4) is 0 Å². The van der Waals surface area contributed by atoms with Gasteiger partial charge >= 0.3 is 0 Å². The number of benzene rings is 1. The number of aromatic nitrogens is 5. The second kappa shape index (κ2) is 9.09. The normalized spacial score (nSPS) is 21.4. The number of aromatic amines is 1. The molecule has 3 aromatic rings. The van der Waals surface area contributed by atoms with Crippen molar-refractivity contribution >= 4 is 10.9 Å². The molecule has 2 aromatic heterocycles. The summed E-state index contributed by atoms with van der Waals surface area (Å²) in [5, 5.41) is 13.7. The maximum atomic E-state index is 13.3. The van der Waals surface area contributed by atoms with E-state index in [1.54, 1.807) is 0 Å². The summed E-state index contributed by atoms with van der Waals surface area (Å²) in [7, 11) is 0. The summed E-state index contributed by atoms with van der Waals surface area (Å²) < 4.78 is 7.67. The van der Waals surface area contributed by atoms with Crippen molar-refractivity contribution in [3.63, 3.8) is 0 Å². The summed E-state index contributed by atoms with van der Waals surface area (Å²) in [6.45, 7) is 10.3. The summed E-state index contributed by atoms with van der Waals surface area (Å²) >= 11 is 0. The monoisotopic (exact) mass is 437 g/mol. The molecule has 2 fully saturated rings. The van der Waals surface area contributed by atoms with E-state index in [0.29, 0.717) is 17.9 Å². The van der Waals surface area contributed by atoms with Crippen LogP contribution in [0.25, 0.3) is 10.9 Å². The molecule has 2 atom stereocenters. The zero-order valence-electron chi connectivity index (χ0n) is 18.8. The Morgan fingerprint density at radius 1 is 1.22 bits per heavy atom. The van der Waals surface area contributed by atoms with Crippen LogP contribution < -0.4 is 5.56 Å².